The van der Waals surface area contributed by atoms with Gasteiger partial charge in [-0.3, -0.25) is 4.79 Å². The Morgan fingerprint density at radius 1 is 1.23 bits per heavy atom. The number of rotatable bonds is 5. The third-order valence-corrected chi connectivity index (χ3v) is 5.74. The highest BCUT2D eigenvalue weighted by Gasteiger charge is 2.45. The number of benzene rings is 1. The molecule has 1 unspecified atom stereocenters. The second kappa shape index (κ2) is 9.54. The summed E-state index contributed by atoms with van der Waals surface area (Å²) >= 11 is 0. The lowest BCUT2D eigenvalue weighted by Crippen LogP contribution is -2.50. The van der Waals surface area contributed by atoms with Crippen LogP contribution in [0.15, 0.2) is 42.0 Å². The van der Waals surface area contributed by atoms with Crippen LogP contribution in [0.1, 0.15) is 44.1 Å². The molecule has 5 heteroatoms. The van der Waals surface area contributed by atoms with E-state index in [4.69, 9.17) is 0 Å². The molecule has 1 heterocycles. The SMILES string of the molecule is CN1CC=C(CNC(=O)C(O)(c2ccccc2)C2CCCCC2)CC1.Cl. The van der Waals surface area contributed by atoms with Gasteiger partial charge in [-0.15, -0.1) is 12.4 Å². The first-order valence-corrected chi connectivity index (χ1v) is 9.53. The largest absolute Gasteiger partial charge is 0.375 e. The molecule has 0 saturated heterocycles. The fourth-order valence-electron chi connectivity index (χ4n) is 4.07. The van der Waals surface area contributed by atoms with Crippen LogP contribution >= 0.6 is 12.4 Å². The van der Waals surface area contributed by atoms with Gasteiger partial charge in [0, 0.05) is 25.6 Å². The molecule has 1 aromatic rings. The molecule has 144 valence electrons. The maximum absolute atomic E-state index is 13.1. The van der Waals surface area contributed by atoms with Gasteiger partial charge in [0.05, 0.1) is 0 Å². The fourth-order valence-corrected chi connectivity index (χ4v) is 4.07. The smallest absolute Gasteiger partial charge is 0.257 e. The predicted molar refractivity (Wildman–Crippen MR) is 107 cm³/mol. The average molecular weight is 379 g/mol. The van der Waals surface area contributed by atoms with Crippen LogP contribution < -0.4 is 5.32 Å². The Balaban J connectivity index is 0.00000243. The summed E-state index contributed by atoms with van der Waals surface area (Å²) in [5.41, 5.74) is 0.551. The summed E-state index contributed by atoms with van der Waals surface area (Å²) < 4.78 is 0. The summed E-state index contributed by atoms with van der Waals surface area (Å²) in [5, 5.41) is 14.5. The van der Waals surface area contributed by atoms with Gasteiger partial charge >= 0.3 is 0 Å². The molecule has 1 aromatic carbocycles. The van der Waals surface area contributed by atoms with Gasteiger partial charge in [0.15, 0.2) is 5.60 Å². The molecule has 4 nitrogen and oxygen atoms in total. The van der Waals surface area contributed by atoms with Gasteiger partial charge < -0.3 is 15.3 Å². The van der Waals surface area contributed by atoms with E-state index in [1.807, 2.05) is 30.3 Å². The third kappa shape index (κ3) is 4.67. The van der Waals surface area contributed by atoms with Crippen LogP contribution in [0.2, 0.25) is 0 Å². The van der Waals surface area contributed by atoms with E-state index in [1.165, 1.54) is 12.0 Å². The Morgan fingerprint density at radius 2 is 1.92 bits per heavy atom. The van der Waals surface area contributed by atoms with Gasteiger partial charge in [0.25, 0.3) is 5.91 Å². The average Bonchev–Trinajstić information content (AvgIpc) is 2.68. The summed E-state index contributed by atoms with van der Waals surface area (Å²) in [6.07, 6.45) is 8.35. The monoisotopic (exact) mass is 378 g/mol. The van der Waals surface area contributed by atoms with Crippen molar-refractivity contribution in [2.75, 3.05) is 26.7 Å². The van der Waals surface area contributed by atoms with Crippen LogP contribution in [-0.4, -0.2) is 42.6 Å². The maximum atomic E-state index is 13.1. The van der Waals surface area contributed by atoms with Gasteiger partial charge in [-0.2, -0.15) is 0 Å². The van der Waals surface area contributed by atoms with Crippen LogP contribution in [0.5, 0.6) is 0 Å². The molecule has 1 atom stereocenters. The first kappa shape index (κ1) is 20.9. The van der Waals surface area contributed by atoms with Gasteiger partial charge in [0.2, 0.25) is 0 Å². The molecule has 1 aliphatic heterocycles. The molecule has 2 aliphatic rings. The second-order valence-corrected chi connectivity index (χ2v) is 7.52. The number of nitrogens with one attached hydrogen (secondary N) is 1. The fraction of sp³-hybridized carbons (Fsp3) is 0.571. The summed E-state index contributed by atoms with van der Waals surface area (Å²) in [5.74, 6) is -0.249. The van der Waals surface area contributed by atoms with Gasteiger partial charge in [-0.1, -0.05) is 61.2 Å². The zero-order chi connectivity index (χ0) is 17.7. The lowest BCUT2D eigenvalue weighted by molar-refractivity contribution is -0.149. The van der Waals surface area contributed by atoms with E-state index < -0.39 is 5.60 Å². The normalized spacial score (nSPS) is 21.2. The van der Waals surface area contributed by atoms with Gasteiger partial charge in [-0.25, -0.2) is 0 Å². The van der Waals surface area contributed by atoms with E-state index in [-0.39, 0.29) is 24.2 Å². The van der Waals surface area contributed by atoms with Crippen LogP contribution in [-0.2, 0) is 10.4 Å². The first-order valence-electron chi connectivity index (χ1n) is 9.53. The summed E-state index contributed by atoms with van der Waals surface area (Å²) in [6, 6.07) is 9.48. The number of nitrogens with zero attached hydrogens (tertiary/aromatic N) is 1. The van der Waals surface area contributed by atoms with Crippen molar-refractivity contribution in [3.63, 3.8) is 0 Å². The van der Waals surface area contributed by atoms with Crippen molar-refractivity contribution in [1.29, 1.82) is 0 Å². The molecule has 0 bridgehead atoms. The second-order valence-electron chi connectivity index (χ2n) is 7.52. The molecule has 3 rings (SSSR count). The summed E-state index contributed by atoms with van der Waals surface area (Å²) in [6.45, 7) is 2.48. The number of likely N-dealkylation sites (N-methyl/N-ethyl adjacent to an activating group) is 1. The zero-order valence-corrected chi connectivity index (χ0v) is 16.4. The van der Waals surface area contributed by atoms with Gasteiger partial charge in [-0.05, 0) is 31.9 Å². The van der Waals surface area contributed by atoms with Crippen LogP contribution in [0.4, 0.5) is 0 Å². The minimum absolute atomic E-state index is 0. The molecule has 1 fully saturated rings. The molecule has 1 amide bonds. The molecular formula is C21H31ClN2O2. The number of amides is 1. The number of carbonyl (C=O) groups is 1. The molecule has 2 N–H and O–H groups in total. The van der Waals surface area contributed by atoms with E-state index in [0.29, 0.717) is 6.54 Å². The van der Waals surface area contributed by atoms with E-state index in [9.17, 15) is 9.90 Å². The number of hydrogen-bond acceptors (Lipinski definition) is 3. The highest BCUT2D eigenvalue weighted by molar-refractivity contribution is 5.87. The zero-order valence-electron chi connectivity index (χ0n) is 15.6. The van der Waals surface area contributed by atoms with E-state index in [2.05, 4.69) is 23.3 Å². The maximum Gasteiger partial charge on any atom is 0.257 e. The number of carbonyl (C=O) groups excluding carboxylic acids is 1. The van der Waals surface area contributed by atoms with Crippen molar-refractivity contribution in [3.8, 4) is 0 Å². The summed E-state index contributed by atoms with van der Waals surface area (Å²) in [4.78, 5) is 15.3. The van der Waals surface area contributed by atoms with Gasteiger partial charge in [0.1, 0.15) is 0 Å². The third-order valence-electron chi connectivity index (χ3n) is 5.74. The molecule has 0 radical (unpaired) electrons. The molecule has 26 heavy (non-hydrogen) atoms. The van der Waals surface area contributed by atoms with Crippen molar-refractivity contribution in [2.45, 2.75) is 44.1 Å². The van der Waals surface area contributed by atoms with E-state index >= 15 is 0 Å². The van der Waals surface area contributed by atoms with Crippen molar-refractivity contribution in [2.24, 2.45) is 5.92 Å². The summed E-state index contributed by atoms with van der Waals surface area (Å²) in [7, 11) is 2.10. The topological polar surface area (TPSA) is 52.6 Å². The Morgan fingerprint density at radius 3 is 2.54 bits per heavy atom. The van der Waals surface area contributed by atoms with E-state index in [0.717, 1.165) is 50.8 Å². The van der Waals surface area contributed by atoms with Crippen molar-refractivity contribution >= 4 is 18.3 Å². The Bertz CT molecular complexity index is 614. The van der Waals surface area contributed by atoms with Crippen LogP contribution in [0.3, 0.4) is 0 Å². The Labute approximate surface area is 163 Å². The standard InChI is InChI=1S/C21H30N2O2.ClH/c1-23-14-12-17(13-15-23)16-22-20(24)21(25,18-8-4-2-5-9-18)19-10-6-3-7-11-19;/h2,4-5,8-9,12,19,25H,3,6-7,10-11,13-16H2,1H3,(H,22,24);1H. The predicted octanol–water partition coefficient (Wildman–Crippen LogP) is 3.25. The highest BCUT2D eigenvalue weighted by Crippen LogP contribution is 2.39. The lowest BCUT2D eigenvalue weighted by Gasteiger charge is -2.37. The molecule has 1 aliphatic carbocycles. The molecule has 0 aromatic heterocycles. The highest BCUT2D eigenvalue weighted by atomic mass is 35.5. The van der Waals surface area contributed by atoms with Crippen LogP contribution in [0.25, 0.3) is 0 Å². The quantitative estimate of drug-likeness (QED) is 0.773. The lowest BCUT2D eigenvalue weighted by atomic mass is 9.73. The molecule has 1 saturated carbocycles. The molecular weight excluding hydrogens is 348 g/mol. The van der Waals surface area contributed by atoms with E-state index in [1.54, 1.807) is 0 Å². The molecule has 0 spiro atoms. The minimum Gasteiger partial charge on any atom is -0.375 e. The minimum atomic E-state index is -1.42. The number of halogens is 1. The number of hydrogen-bond donors (Lipinski definition) is 2. The number of aliphatic hydroxyl groups is 1. The van der Waals surface area contributed by atoms with Crippen molar-refractivity contribution < 1.29 is 9.90 Å². The van der Waals surface area contributed by atoms with Crippen molar-refractivity contribution in [1.82, 2.24) is 10.2 Å². The van der Waals surface area contributed by atoms with Crippen LogP contribution in [0, 0.1) is 5.92 Å². The Hall–Kier alpha value is -1.36. The first-order chi connectivity index (χ1) is 12.1. The van der Waals surface area contributed by atoms with Crippen molar-refractivity contribution in [3.05, 3.63) is 47.5 Å². The Kier molecular flexibility index (Phi) is 7.69.